The Morgan fingerprint density at radius 1 is 0.667 bits per heavy atom. The van der Waals surface area contributed by atoms with Crippen molar-refractivity contribution in [2.24, 2.45) is 0 Å². The Morgan fingerprint density at radius 3 is 1.67 bits per heavy atom. The van der Waals surface area contributed by atoms with Gasteiger partial charge in [0.15, 0.2) is 0 Å². The SMILES string of the molecule is CCCCCCC(=O)OCCOCCOCCOCCOC(C)=O. The summed E-state index contributed by atoms with van der Waals surface area (Å²) in [5.41, 5.74) is 0. The smallest absolute Gasteiger partial charge is 0.305 e. The standard InChI is InChI=1S/C17H32O7/c1-3-4-5-6-7-17(19)24-15-13-22-11-9-20-8-10-21-12-14-23-16(2)18/h3-15H2,1-2H3. The fourth-order valence-corrected chi connectivity index (χ4v) is 1.77. The molecule has 0 aliphatic heterocycles. The van der Waals surface area contributed by atoms with Crippen LogP contribution in [0.5, 0.6) is 0 Å². The normalized spacial score (nSPS) is 10.6. The van der Waals surface area contributed by atoms with Crippen molar-refractivity contribution < 1.29 is 33.3 Å². The lowest BCUT2D eigenvalue weighted by Crippen LogP contribution is -2.14. The maximum Gasteiger partial charge on any atom is 0.305 e. The van der Waals surface area contributed by atoms with Gasteiger partial charge >= 0.3 is 11.9 Å². The number of hydrogen-bond acceptors (Lipinski definition) is 7. The van der Waals surface area contributed by atoms with Crippen LogP contribution in [0, 0.1) is 0 Å². The van der Waals surface area contributed by atoms with E-state index in [1.54, 1.807) is 0 Å². The zero-order valence-electron chi connectivity index (χ0n) is 15.1. The minimum absolute atomic E-state index is 0.156. The summed E-state index contributed by atoms with van der Waals surface area (Å²) in [4.78, 5) is 21.9. The van der Waals surface area contributed by atoms with Crippen molar-refractivity contribution in [2.75, 3.05) is 52.9 Å². The first-order chi connectivity index (χ1) is 11.7. The van der Waals surface area contributed by atoms with E-state index in [-0.39, 0.29) is 25.2 Å². The fourth-order valence-electron chi connectivity index (χ4n) is 1.77. The van der Waals surface area contributed by atoms with Crippen molar-refractivity contribution in [2.45, 2.75) is 46.0 Å². The lowest BCUT2D eigenvalue weighted by atomic mass is 10.2. The molecule has 0 aromatic heterocycles. The van der Waals surface area contributed by atoms with Crippen LogP contribution in [-0.2, 0) is 33.3 Å². The number of hydrogen-bond donors (Lipinski definition) is 0. The van der Waals surface area contributed by atoms with Gasteiger partial charge in [-0.15, -0.1) is 0 Å². The third-order valence-corrected chi connectivity index (χ3v) is 3.00. The molecule has 0 aliphatic carbocycles. The zero-order valence-corrected chi connectivity index (χ0v) is 15.1. The summed E-state index contributed by atoms with van der Waals surface area (Å²) in [6, 6.07) is 0. The summed E-state index contributed by atoms with van der Waals surface area (Å²) in [5, 5.41) is 0. The van der Waals surface area contributed by atoms with Gasteiger partial charge in [0.1, 0.15) is 13.2 Å². The topological polar surface area (TPSA) is 80.3 Å². The number of ether oxygens (including phenoxy) is 5. The van der Waals surface area contributed by atoms with Gasteiger partial charge < -0.3 is 23.7 Å². The van der Waals surface area contributed by atoms with Gasteiger partial charge in [0.25, 0.3) is 0 Å². The molecule has 0 saturated heterocycles. The van der Waals surface area contributed by atoms with E-state index in [0.29, 0.717) is 46.1 Å². The summed E-state index contributed by atoms with van der Waals surface area (Å²) >= 11 is 0. The van der Waals surface area contributed by atoms with Gasteiger partial charge in [-0.25, -0.2) is 0 Å². The molecule has 0 amide bonds. The first-order valence-corrected chi connectivity index (χ1v) is 8.69. The summed E-state index contributed by atoms with van der Waals surface area (Å²) in [6.45, 7) is 6.58. The van der Waals surface area contributed by atoms with Gasteiger partial charge in [-0.3, -0.25) is 9.59 Å². The Hall–Kier alpha value is -1.18. The molecule has 7 heteroatoms. The van der Waals surface area contributed by atoms with E-state index < -0.39 is 0 Å². The summed E-state index contributed by atoms with van der Waals surface area (Å²) in [6.07, 6.45) is 4.77. The van der Waals surface area contributed by atoms with Crippen LogP contribution in [0.4, 0.5) is 0 Å². The van der Waals surface area contributed by atoms with Crippen LogP contribution >= 0.6 is 0 Å². The second-order valence-corrected chi connectivity index (χ2v) is 5.21. The van der Waals surface area contributed by atoms with E-state index in [1.807, 2.05) is 0 Å². The molecule has 0 saturated carbocycles. The molecule has 142 valence electrons. The molecule has 0 fully saturated rings. The van der Waals surface area contributed by atoms with Crippen molar-refractivity contribution in [1.29, 1.82) is 0 Å². The first kappa shape index (κ1) is 22.8. The number of carbonyl (C=O) groups is 2. The molecule has 0 aromatic carbocycles. The van der Waals surface area contributed by atoms with Crippen LogP contribution in [0.25, 0.3) is 0 Å². The first-order valence-electron chi connectivity index (χ1n) is 8.69. The van der Waals surface area contributed by atoms with Crippen LogP contribution in [0.15, 0.2) is 0 Å². The second kappa shape index (κ2) is 18.2. The molecule has 0 radical (unpaired) electrons. The Morgan fingerprint density at radius 2 is 1.17 bits per heavy atom. The second-order valence-electron chi connectivity index (χ2n) is 5.21. The molecule has 0 unspecified atom stereocenters. The molecule has 0 rings (SSSR count). The lowest BCUT2D eigenvalue weighted by Gasteiger charge is -2.07. The van der Waals surface area contributed by atoms with Crippen molar-refractivity contribution in [3.05, 3.63) is 0 Å². The van der Waals surface area contributed by atoms with E-state index >= 15 is 0 Å². The quantitative estimate of drug-likeness (QED) is 0.294. The molecule has 0 aromatic rings. The van der Waals surface area contributed by atoms with Gasteiger partial charge in [-0.1, -0.05) is 26.2 Å². The van der Waals surface area contributed by atoms with Crippen molar-refractivity contribution in [1.82, 2.24) is 0 Å². The predicted molar refractivity (Wildman–Crippen MR) is 88.8 cm³/mol. The van der Waals surface area contributed by atoms with Crippen LogP contribution in [0.3, 0.4) is 0 Å². The van der Waals surface area contributed by atoms with Crippen LogP contribution in [0.2, 0.25) is 0 Å². The molecule has 0 heterocycles. The Bertz CT molecular complexity index is 307. The highest BCUT2D eigenvalue weighted by atomic mass is 16.6. The third kappa shape index (κ3) is 18.9. The highest BCUT2D eigenvalue weighted by Crippen LogP contribution is 2.03. The Labute approximate surface area is 144 Å². The van der Waals surface area contributed by atoms with E-state index in [4.69, 9.17) is 23.7 Å². The number of esters is 2. The molecule has 0 atom stereocenters. The van der Waals surface area contributed by atoms with E-state index in [9.17, 15) is 9.59 Å². The zero-order chi connectivity index (χ0) is 17.9. The largest absolute Gasteiger partial charge is 0.463 e. The highest BCUT2D eigenvalue weighted by molar-refractivity contribution is 5.69. The number of rotatable bonds is 17. The van der Waals surface area contributed by atoms with Crippen molar-refractivity contribution in [3.63, 3.8) is 0 Å². The summed E-state index contributed by atoms with van der Waals surface area (Å²) < 4.78 is 25.6. The van der Waals surface area contributed by atoms with Crippen molar-refractivity contribution >= 4 is 11.9 Å². The molecule has 0 aliphatic rings. The van der Waals surface area contributed by atoms with Gasteiger partial charge in [-0.2, -0.15) is 0 Å². The maximum atomic E-state index is 11.4. The summed E-state index contributed by atoms with van der Waals surface area (Å²) in [7, 11) is 0. The monoisotopic (exact) mass is 348 g/mol. The van der Waals surface area contributed by atoms with E-state index in [0.717, 1.165) is 25.7 Å². The number of carbonyl (C=O) groups excluding carboxylic acids is 2. The Balaban J connectivity index is 3.12. The minimum atomic E-state index is -0.311. The molecule has 24 heavy (non-hydrogen) atoms. The lowest BCUT2D eigenvalue weighted by molar-refractivity contribution is -0.145. The Kier molecular flexibility index (Phi) is 17.3. The van der Waals surface area contributed by atoms with Gasteiger partial charge in [-0.05, 0) is 6.42 Å². The van der Waals surface area contributed by atoms with Gasteiger partial charge in [0.05, 0.1) is 39.6 Å². The average molecular weight is 348 g/mol. The third-order valence-electron chi connectivity index (χ3n) is 3.00. The highest BCUT2D eigenvalue weighted by Gasteiger charge is 2.02. The molecular formula is C17H32O7. The fraction of sp³-hybridized carbons (Fsp3) is 0.882. The van der Waals surface area contributed by atoms with E-state index in [2.05, 4.69) is 6.92 Å². The van der Waals surface area contributed by atoms with Crippen molar-refractivity contribution in [3.8, 4) is 0 Å². The van der Waals surface area contributed by atoms with Crippen LogP contribution in [-0.4, -0.2) is 64.8 Å². The summed E-state index contributed by atoms with van der Waals surface area (Å²) in [5.74, 6) is -0.467. The number of unbranched alkanes of at least 4 members (excludes halogenated alkanes) is 3. The molecule has 0 spiro atoms. The van der Waals surface area contributed by atoms with Gasteiger partial charge in [0.2, 0.25) is 0 Å². The maximum absolute atomic E-state index is 11.4. The molecule has 0 bridgehead atoms. The van der Waals surface area contributed by atoms with Gasteiger partial charge in [0, 0.05) is 13.3 Å². The van der Waals surface area contributed by atoms with Crippen LogP contribution < -0.4 is 0 Å². The van der Waals surface area contributed by atoms with E-state index in [1.165, 1.54) is 6.92 Å². The molecule has 0 N–H and O–H groups in total. The predicted octanol–water partition coefficient (Wildman–Crippen LogP) is 2.11. The van der Waals surface area contributed by atoms with Crippen LogP contribution in [0.1, 0.15) is 46.0 Å². The molecular weight excluding hydrogens is 316 g/mol. The molecule has 7 nitrogen and oxygen atoms in total. The minimum Gasteiger partial charge on any atom is -0.463 e. The average Bonchev–Trinajstić information content (AvgIpc) is 2.55.